The molecule has 6 aliphatic carbocycles. The lowest BCUT2D eigenvalue weighted by Gasteiger charge is -2.17. The number of alkyl halides is 1. The standard InChI is InChI=1S/C17H18ClN5O2.C16H17N5O2.C14H13ClN4O2.C9H10ClN5O.C9H11N5O2.C9H11N5O.C4H7Br.Al.3ClH/c1-25-12-6-4-11(5-7-12)9-23-15-13(14(18)20-16(19)21-15)22(17(23)24)8-10-2-3-10;17-15-18-13-12(21(16(22)19-13)8-10-6-7-10)14(20-15)23-9-11-4-2-1-3-5-11;1-21-9-4-2-8(3-5-9)7-19-11(20)6-10-12(15)17-14(16)18-13(10)19;10-6-5-7(13-8(11)12-6)14-9(16)15(5)3-4-1-2-4;10-8-11-6-5(7(15)13-8)14(9(16)12-6)3-4-1-2-4;10-8-11-3-6-7(12-8)13-9(15)14(6)4-5-1-2-5;5-3-4-1-2-4;;;;/h4-7,10H,2-3,8-9H2,1H3,(H2,19,20,21);1-5,10H,6-9H2,(H3,17,18,19,20,22);2-5H,6-7H2,1H3,(H2,16,17,18);4H,1-3H2,(H3,11,12,13,14,16);4H,1-3H2,(H4,10,11,12,13,15,16);3,5H,1-2,4H2,(H3,10,11,12,13,15);4H,1-3H2;;3*1H/q;;;;;;;+3;;;/p-3. The number of rotatable bonds is 20. The highest BCUT2D eigenvalue weighted by atomic mass is 79.9. The molecule has 125 heavy (non-hydrogen) atoms. The second-order valence-electron chi connectivity index (χ2n) is 30.8. The predicted octanol–water partition coefficient (Wildman–Crippen LogP) is 9.56. The summed E-state index contributed by atoms with van der Waals surface area (Å²) in [6, 6.07) is 24.8. The van der Waals surface area contributed by atoms with Gasteiger partial charge in [0.2, 0.25) is 47.5 Å². The Balaban J connectivity index is 0.000000120. The van der Waals surface area contributed by atoms with Crippen molar-refractivity contribution in [1.29, 1.82) is 0 Å². The van der Waals surface area contributed by atoms with Gasteiger partial charge in [0.15, 0.2) is 49.6 Å². The smallest absolute Gasteiger partial charge is 0.497 e. The molecule has 656 valence electrons. The third-order valence-corrected chi connectivity index (χ3v) is 22.7. The molecule has 6 saturated carbocycles. The molecule has 11 aromatic heterocycles. The Morgan fingerprint density at radius 3 is 1.39 bits per heavy atom. The van der Waals surface area contributed by atoms with Crippen LogP contribution in [0.3, 0.4) is 0 Å². The number of hydrogen-bond donors (Lipinski definition) is 11. The molecule has 0 radical (unpaired) electrons. The van der Waals surface area contributed by atoms with Gasteiger partial charge in [-0.1, -0.05) is 105 Å². The number of carbonyl (C=O) groups excluding carboxylic acids is 1. The van der Waals surface area contributed by atoms with Crippen molar-refractivity contribution in [3.8, 4) is 17.4 Å². The number of hydrogen-bond acceptors (Lipinski definition) is 27. The maximum atomic E-state index is 13.0. The topological polar surface area (TPSA) is 557 Å². The summed E-state index contributed by atoms with van der Waals surface area (Å²) in [6.45, 7) is 4.44. The second-order valence-corrected chi connectivity index (χ2v) is 39.0. The molecular formula is C78H87AlBrCl6N29O10. The molecule has 0 atom stereocenters. The number of nitrogen functional groups attached to an aromatic ring is 6. The van der Waals surface area contributed by atoms with Gasteiger partial charge < -0.3 is 48.6 Å². The lowest BCUT2D eigenvalue weighted by molar-refractivity contribution is -0.117. The van der Waals surface area contributed by atoms with Crippen LogP contribution in [-0.2, 0) is 63.6 Å². The minimum atomic E-state index is -1.72. The zero-order chi connectivity index (χ0) is 88.6. The minimum absolute atomic E-state index is 0.0114. The zero-order valence-corrected chi connectivity index (χ0v) is 74.7. The Morgan fingerprint density at radius 2 is 0.872 bits per heavy atom. The van der Waals surface area contributed by atoms with Gasteiger partial charge in [0, 0.05) is 43.6 Å². The van der Waals surface area contributed by atoms with E-state index in [0.29, 0.717) is 132 Å². The van der Waals surface area contributed by atoms with Crippen LogP contribution in [0.15, 0.2) is 114 Å². The molecule has 47 heteroatoms. The van der Waals surface area contributed by atoms with Gasteiger partial charge in [-0.25, -0.2) is 64.1 Å². The number of amides is 1. The third kappa shape index (κ3) is 23.5. The average molecular weight is 1910 g/mol. The number of benzene rings is 3. The van der Waals surface area contributed by atoms with Gasteiger partial charge in [-0.05, 0) is 154 Å². The first-order valence-electron chi connectivity index (χ1n) is 39.9. The Bertz CT molecular complexity index is 6610. The highest BCUT2D eigenvalue weighted by molar-refractivity contribution is 9.09. The molecule has 21 rings (SSSR count). The number of ether oxygens (including phenoxy) is 3. The van der Waals surface area contributed by atoms with Gasteiger partial charge in [-0.2, -0.15) is 44.9 Å². The second kappa shape index (κ2) is 39.9. The predicted molar refractivity (Wildman–Crippen MR) is 485 cm³/mol. The molecular weight excluding hydrogens is 1820 g/mol. The van der Waals surface area contributed by atoms with Gasteiger partial charge in [-0.3, -0.25) is 66.8 Å². The Morgan fingerprint density at radius 1 is 0.440 bits per heavy atom. The van der Waals surface area contributed by atoms with Crippen LogP contribution in [0, 0.1) is 35.5 Å². The highest BCUT2D eigenvalue weighted by Crippen LogP contribution is 2.38. The summed E-state index contributed by atoms with van der Waals surface area (Å²) in [5, 5.41) is 1.91. The van der Waals surface area contributed by atoms with E-state index < -0.39 is 11.4 Å². The van der Waals surface area contributed by atoms with E-state index in [1.807, 2.05) is 78.9 Å². The monoisotopic (exact) mass is 1910 g/mol. The normalized spacial score (nSPS) is 14.8. The van der Waals surface area contributed by atoms with Crippen molar-refractivity contribution < 1.29 is 19.0 Å². The number of methoxy groups -OCH3 is 2. The van der Waals surface area contributed by atoms with E-state index in [9.17, 15) is 33.6 Å². The minimum Gasteiger partial charge on any atom is -0.497 e. The fraction of sp³-hybridized carbons (Fsp3) is 0.385. The molecule has 3 aromatic carbocycles. The van der Waals surface area contributed by atoms with Crippen LogP contribution in [0.1, 0.15) is 99.3 Å². The van der Waals surface area contributed by atoms with Crippen molar-refractivity contribution in [3.05, 3.63) is 186 Å². The van der Waals surface area contributed by atoms with Crippen molar-refractivity contribution in [2.24, 2.45) is 35.5 Å². The van der Waals surface area contributed by atoms with Crippen LogP contribution in [0.5, 0.6) is 17.4 Å². The molecule has 0 saturated heterocycles. The largest absolute Gasteiger partial charge is 0.643 e. The molecule has 7 aliphatic rings. The number of imidazole rings is 5. The first kappa shape index (κ1) is 90.0. The van der Waals surface area contributed by atoms with E-state index >= 15 is 0 Å². The van der Waals surface area contributed by atoms with Crippen molar-refractivity contribution in [3.63, 3.8) is 0 Å². The van der Waals surface area contributed by atoms with E-state index in [2.05, 4.69) is 95.7 Å². The van der Waals surface area contributed by atoms with Crippen LogP contribution < -0.4 is 87.5 Å². The highest BCUT2D eigenvalue weighted by Gasteiger charge is 2.34. The molecule has 1 aliphatic heterocycles. The maximum absolute atomic E-state index is 13.0. The van der Waals surface area contributed by atoms with Gasteiger partial charge in [-0.15, -0.1) is 0 Å². The lowest BCUT2D eigenvalue weighted by atomic mass is 10.2. The third-order valence-electron chi connectivity index (χ3n) is 20.9. The maximum Gasteiger partial charge on any atom is 0.643 e. The van der Waals surface area contributed by atoms with Crippen LogP contribution in [0.25, 0.3) is 55.8 Å². The summed E-state index contributed by atoms with van der Waals surface area (Å²) in [6.07, 6.45) is 16.2. The molecule has 17 N–H and O–H groups in total. The van der Waals surface area contributed by atoms with Gasteiger partial charge in [0.25, 0.3) is 5.56 Å². The van der Waals surface area contributed by atoms with Crippen LogP contribution >= 0.6 is 80.9 Å². The number of fused-ring (bicyclic) bond motifs is 6. The number of halogens is 7. The van der Waals surface area contributed by atoms with Crippen LogP contribution in [0.4, 0.5) is 41.5 Å². The van der Waals surface area contributed by atoms with Crippen molar-refractivity contribution >= 4 is 195 Å². The lowest BCUT2D eigenvalue weighted by Crippen LogP contribution is -2.26. The average Bonchev–Trinajstić information content (AvgIpc) is 1.62. The number of aromatic nitrogens is 22. The fourth-order valence-electron chi connectivity index (χ4n) is 13.4. The molecule has 39 nitrogen and oxygen atoms in total. The van der Waals surface area contributed by atoms with Crippen LogP contribution in [0.2, 0.25) is 15.5 Å². The number of aromatic amines is 5. The summed E-state index contributed by atoms with van der Waals surface area (Å²) < 4.78 is 25.8. The quantitative estimate of drug-likeness (QED) is 0.0192. The van der Waals surface area contributed by atoms with Gasteiger partial charge >= 0.3 is 39.8 Å². The molecule has 14 aromatic rings. The number of anilines is 7. The summed E-state index contributed by atoms with van der Waals surface area (Å²) in [5.41, 5.74) is 40.4. The molecule has 0 bridgehead atoms. The number of nitrogens with one attached hydrogen (secondary N) is 5. The van der Waals surface area contributed by atoms with Crippen molar-refractivity contribution in [2.45, 2.75) is 136 Å². The summed E-state index contributed by atoms with van der Waals surface area (Å²) >= 11 is 19.9. The first-order valence-corrected chi connectivity index (χ1v) is 47.4. The van der Waals surface area contributed by atoms with Gasteiger partial charge in [0.05, 0.1) is 39.9 Å². The molecule has 0 spiro atoms. The molecule has 0 unspecified atom stereocenters. The number of carbonyl (C=O) groups is 1. The van der Waals surface area contributed by atoms with E-state index in [-0.39, 0.29) is 109 Å². The first-order chi connectivity index (χ1) is 60.0. The van der Waals surface area contributed by atoms with Crippen molar-refractivity contribution in [2.75, 3.05) is 58.9 Å². The fourth-order valence-corrected chi connectivity index (χ4v) is 14.9. The van der Waals surface area contributed by atoms with Crippen molar-refractivity contribution in [1.82, 2.24) is 107 Å². The van der Waals surface area contributed by atoms with E-state index in [4.69, 9.17) is 114 Å². The Kier molecular flexibility index (Phi) is 28.7. The van der Waals surface area contributed by atoms with E-state index in [1.165, 1.54) is 35.6 Å². The van der Waals surface area contributed by atoms with E-state index in [1.54, 1.807) is 48.2 Å². The SMILES string of the molecule is BrCC1CC1.COc1ccc(CN2C(=O)Cc3c(Cl)nc(N)nc32)cc1.COc1ccc(Cn2c(=O)n(CC3CC3)c3c(Cl)nc(N)nc32)cc1.Nc1nc(Cl)c2c(n1)[nH]c(=O)n2CC1CC1.Nc1nc(OCc2ccccc2)c2c(n1)[nH]c(=O)n2CC1CC1.Nc1nc2[nH]c(=O)n(CC3CC3)c2c(=O)[nH]1.Nc1ncc2c(n1)[nH]c(=O)n2CC1CC1.[Cl][Al]([Cl])[Cl]. The van der Waals surface area contributed by atoms with Gasteiger partial charge in [0.1, 0.15) is 45.6 Å². The number of H-pyrrole nitrogens is 5. The summed E-state index contributed by atoms with van der Waals surface area (Å²) in [7, 11) is 18.1. The Hall–Kier alpha value is -11.3. The number of nitrogens with two attached hydrogens (primary N) is 6. The molecule has 1 amide bonds. The van der Waals surface area contributed by atoms with E-state index in [0.717, 1.165) is 97.5 Å². The molecule has 6 fully saturated rings. The Labute approximate surface area is 749 Å². The van der Waals surface area contributed by atoms with Crippen LogP contribution in [-0.4, -0.2) is 144 Å². The summed E-state index contributed by atoms with van der Waals surface area (Å²) in [4.78, 5) is 143. The number of nitrogens with zero attached hydrogens (tertiary/aromatic N) is 18. The summed E-state index contributed by atoms with van der Waals surface area (Å²) in [5.74, 6) is 6.61. The zero-order valence-electron chi connectivity index (χ0n) is 67.4. The molecule has 12 heterocycles.